The molecule has 1 heterocycles. The van der Waals surface area contributed by atoms with Gasteiger partial charge in [0.1, 0.15) is 11.9 Å². The highest BCUT2D eigenvalue weighted by Crippen LogP contribution is 2.20. The normalized spacial score (nSPS) is 14.3. The van der Waals surface area contributed by atoms with Gasteiger partial charge in [0.25, 0.3) is 0 Å². The first-order valence-electron chi connectivity index (χ1n) is 11.8. The van der Waals surface area contributed by atoms with Crippen LogP contribution in [-0.2, 0) is 27.3 Å². The molecule has 1 aliphatic heterocycles. The molecule has 1 fully saturated rings. The summed E-state index contributed by atoms with van der Waals surface area (Å²) < 4.78 is 18.8. The molecular formula is C28H30FN3O3. The van der Waals surface area contributed by atoms with Crippen molar-refractivity contribution in [2.75, 3.05) is 36.5 Å². The molecule has 6 nitrogen and oxygen atoms in total. The lowest BCUT2D eigenvalue weighted by Crippen LogP contribution is -2.45. The molecule has 0 saturated carbocycles. The van der Waals surface area contributed by atoms with Crippen LogP contribution in [0.25, 0.3) is 0 Å². The first kappa shape index (κ1) is 24.4. The minimum atomic E-state index is -0.727. The van der Waals surface area contributed by atoms with E-state index in [2.05, 4.69) is 10.2 Å². The van der Waals surface area contributed by atoms with E-state index in [1.807, 2.05) is 54.6 Å². The third-order valence-corrected chi connectivity index (χ3v) is 6.14. The van der Waals surface area contributed by atoms with Gasteiger partial charge in [0.2, 0.25) is 11.8 Å². The minimum absolute atomic E-state index is 0.175. The van der Waals surface area contributed by atoms with Gasteiger partial charge in [-0.15, -0.1) is 0 Å². The molecule has 1 atom stereocenters. The number of anilines is 2. The number of hydrogen-bond acceptors (Lipinski definition) is 4. The fraction of sp³-hybridized carbons (Fsp3) is 0.286. The van der Waals surface area contributed by atoms with Crippen molar-refractivity contribution in [1.82, 2.24) is 4.90 Å². The average molecular weight is 476 g/mol. The first-order valence-corrected chi connectivity index (χ1v) is 11.8. The van der Waals surface area contributed by atoms with E-state index in [-0.39, 0.29) is 30.6 Å². The summed E-state index contributed by atoms with van der Waals surface area (Å²) in [7, 11) is 0. The smallest absolute Gasteiger partial charge is 0.246 e. The number of benzene rings is 3. The number of hydrogen-bond donors (Lipinski definition) is 1. The summed E-state index contributed by atoms with van der Waals surface area (Å²) in [5.74, 6) is -0.805. The van der Waals surface area contributed by atoms with Crippen LogP contribution in [0.4, 0.5) is 15.8 Å². The number of rotatable bonds is 8. The second-order valence-corrected chi connectivity index (χ2v) is 8.62. The fourth-order valence-corrected chi connectivity index (χ4v) is 4.07. The van der Waals surface area contributed by atoms with Gasteiger partial charge in [0, 0.05) is 31.0 Å². The van der Waals surface area contributed by atoms with E-state index in [1.165, 1.54) is 17.0 Å². The third kappa shape index (κ3) is 6.67. The van der Waals surface area contributed by atoms with Gasteiger partial charge in [-0.3, -0.25) is 9.59 Å². The SMILES string of the molecule is CC(C(=O)Nc1ccc(N2CCOCC2)cc1)N(Cc1ccc(F)cc1)C(=O)Cc1ccccc1. The highest BCUT2D eigenvalue weighted by molar-refractivity contribution is 5.97. The van der Waals surface area contributed by atoms with Gasteiger partial charge in [0.05, 0.1) is 19.6 Å². The molecule has 0 aromatic heterocycles. The lowest BCUT2D eigenvalue weighted by Gasteiger charge is -2.30. The van der Waals surface area contributed by atoms with Crippen molar-refractivity contribution in [3.8, 4) is 0 Å². The number of morpholine rings is 1. The number of ether oxygens (including phenoxy) is 1. The van der Waals surface area contributed by atoms with E-state index >= 15 is 0 Å². The van der Waals surface area contributed by atoms with Crippen molar-refractivity contribution in [3.05, 3.63) is 95.8 Å². The van der Waals surface area contributed by atoms with Crippen LogP contribution in [0.3, 0.4) is 0 Å². The second kappa shape index (κ2) is 11.6. The zero-order valence-electron chi connectivity index (χ0n) is 19.8. The second-order valence-electron chi connectivity index (χ2n) is 8.62. The zero-order valence-corrected chi connectivity index (χ0v) is 19.8. The van der Waals surface area contributed by atoms with E-state index < -0.39 is 6.04 Å². The summed E-state index contributed by atoms with van der Waals surface area (Å²) >= 11 is 0. The first-order chi connectivity index (χ1) is 17.0. The molecule has 7 heteroatoms. The molecule has 1 aliphatic rings. The molecule has 0 bridgehead atoms. The molecule has 35 heavy (non-hydrogen) atoms. The summed E-state index contributed by atoms with van der Waals surface area (Å²) in [4.78, 5) is 30.2. The summed E-state index contributed by atoms with van der Waals surface area (Å²) in [6, 6.07) is 22.4. The summed E-state index contributed by atoms with van der Waals surface area (Å²) in [5, 5.41) is 2.93. The minimum Gasteiger partial charge on any atom is -0.378 e. The van der Waals surface area contributed by atoms with Crippen LogP contribution in [-0.4, -0.2) is 49.1 Å². The maximum atomic E-state index is 13.4. The summed E-state index contributed by atoms with van der Waals surface area (Å²) in [6.07, 6.45) is 0.175. The van der Waals surface area contributed by atoms with Crippen molar-refractivity contribution < 1.29 is 18.7 Å². The van der Waals surface area contributed by atoms with Gasteiger partial charge in [-0.05, 0) is 54.4 Å². The lowest BCUT2D eigenvalue weighted by atomic mass is 10.1. The molecule has 1 saturated heterocycles. The Hall–Kier alpha value is -3.71. The highest BCUT2D eigenvalue weighted by Gasteiger charge is 2.26. The number of amides is 2. The average Bonchev–Trinajstić information content (AvgIpc) is 2.89. The van der Waals surface area contributed by atoms with Gasteiger partial charge >= 0.3 is 0 Å². The van der Waals surface area contributed by atoms with Crippen LogP contribution in [0.1, 0.15) is 18.1 Å². The third-order valence-electron chi connectivity index (χ3n) is 6.14. The van der Waals surface area contributed by atoms with Crippen molar-refractivity contribution >= 4 is 23.2 Å². The number of nitrogens with zero attached hydrogens (tertiary/aromatic N) is 2. The van der Waals surface area contributed by atoms with E-state index in [4.69, 9.17) is 4.74 Å². The molecule has 4 rings (SSSR count). The Labute approximate surface area is 205 Å². The Kier molecular flexibility index (Phi) is 8.11. The molecule has 2 amide bonds. The molecule has 1 N–H and O–H groups in total. The molecule has 182 valence electrons. The molecule has 0 spiro atoms. The molecule has 3 aromatic carbocycles. The van der Waals surface area contributed by atoms with Crippen LogP contribution in [0.15, 0.2) is 78.9 Å². The Morgan fingerprint density at radius 1 is 0.943 bits per heavy atom. The molecule has 0 radical (unpaired) electrons. The van der Waals surface area contributed by atoms with Gasteiger partial charge in [-0.25, -0.2) is 4.39 Å². The highest BCUT2D eigenvalue weighted by atomic mass is 19.1. The predicted octanol–water partition coefficient (Wildman–Crippen LogP) is 4.26. The van der Waals surface area contributed by atoms with E-state index in [9.17, 15) is 14.0 Å². The number of carbonyl (C=O) groups is 2. The Morgan fingerprint density at radius 2 is 1.60 bits per heavy atom. The molecular weight excluding hydrogens is 445 g/mol. The van der Waals surface area contributed by atoms with Crippen molar-refractivity contribution in [1.29, 1.82) is 0 Å². The van der Waals surface area contributed by atoms with E-state index in [0.29, 0.717) is 18.9 Å². The molecule has 3 aromatic rings. The standard InChI is InChI=1S/C28H30FN3O3/c1-21(28(34)30-25-11-13-26(14-12-25)31-15-17-35-18-16-31)32(20-23-7-9-24(29)10-8-23)27(33)19-22-5-3-2-4-6-22/h2-14,21H,15-20H2,1H3,(H,30,34). The van der Waals surface area contributed by atoms with Crippen molar-refractivity contribution in [3.63, 3.8) is 0 Å². The summed E-state index contributed by atoms with van der Waals surface area (Å²) in [6.45, 7) is 5.00. The molecule has 1 unspecified atom stereocenters. The van der Waals surface area contributed by atoms with Crippen LogP contribution in [0.2, 0.25) is 0 Å². The van der Waals surface area contributed by atoms with Gasteiger partial charge in [-0.1, -0.05) is 42.5 Å². The van der Waals surface area contributed by atoms with Crippen molar-refractivity contribution in [2.45, 2.75) is 25.9 Å². The topological polar surface area (TPSA) is 61.9 Å². The maximum absolute atomic E-state index is 13.4. The van der Waals surface area contributed by atoms with Gasteiger partial charge in [0.15, 0.2) is 0 Å². The largest absolute Gasteiger partial charge is 0.378 e. The molecule has 0 aliphatic carbocycles. The maximum Gasteiger partial charge on any atom is 0.246 e. The fourth-order valence-electron chi connectivity index (χ4n) is 4.07. The number of carbonyl (C=O) groups excluding carboxylic acids is 2. The van der Waals surface area contributed by atoms with Gasteiger partial charge in [-0.2, -0.15) is 0 Å². The van der Waals surface area contributed by atoms with E-state index in [0.717, 1.165) is 29.9 Å². The van der Waals surface area contributed by atoms with E-state index in [1.54, 1.807) is 19.1 Å². The Morgan fingerprint density at radius 3 is 2.26 bits per heavy atom. The predicted molar refractivity (Wildman–Crippen MR) is 135 cm³/mol. The summed E-state index contributed by atoms with van der Waals surface area (Å²) in [5.41, 5.74) is 3.36. The Balaban J connectivity index is 1.46. The monoisotopic (exact) mass is 475 g/mol. The van der Waals surface area contributed by atoms with Crippen molar-refractivity contribution in [2.24, 2.45) is 0 Å². The number of halogens is 1. The number of nitrogens with one attached hydrogen (secondary N) is 1. The zero-order chi connectivity index (χ0) is 24.6. The van der Waals surface area contributed by atoms with Gasteiger partial charge < -0.3 is 19.9 Å². The van der Waals surface area contributed by atoms with Crippen LogP contribution in [0, 0.1) is 5.82 Å². The Bertz CT molecular complexity index is 1110. The van der Waals surface area contributed by atoms with Crippen LogP contribution >= 0.6 is 0 Å². The van der Waals surface area contributed by atoms with Crippen LogP contribution in [0.5, 0.6) is 0 Å². The van der Waals surface area contributed by atoms with Crippen LogP contribution < -0.4 is 10.2 Å². The lowest BCUT2D eigenvalue weighted by molar-refractivity contribution is -0.138. The quantitative estimate of drug-likeness (QED) is 0.529.